The van der Waals surface area contributed by atoms with Gasteiger partial charge in [0, 0.05) is 5.25 Å². The Kier molecular flexibility index (Phi) is 5.44. The van der Waals surface area contributed by atoms with Crippen LogP contribution in [0.1, 0.15) is 27.2 Å². The van der Waals surface area contributed by atoms with Crippen molar-refractivity contribution in [3.63, 3.8) is 0 Å². The van der Waals surface area contributed by atoms with Crippen molar-refractivity contribution in [3.8, 4) is 0 Å². The second kappa shape index (κ2) is 5.20. The first-order valence-electron chi connectivity index (χ1n) is 3.67. The second-order valence-electron chi connectivity index (χ2n) is 2.21. The fourth-order valence-electron chi connectivity index (χ4n) is 0.496. The Hall–Kier alpha value is 0.500. The SMILES string of the molecule is CCOP(=O)(O)SC(C)CC. The van der Waals surface area contributed by atoms with Gasteiger partial charge in [-0.25, -0.2) is 4.57 Å². The largest absolute Gasteiger partial charge is 0.386 e. The summed E-state index contributed by atoms with van der Waals surface area (Å²) in [4.78, 5) is 9.11. The van der Waals surface area contributed by atoms with Crippen LogP contribution in [0.3, 0.4) is 0 Å². The summed E-state index contributed by atoms with van der Waals surface area (Å²) in [7, 11) is 0. The monoisotopic (exact) mass is 198 g/mol. The third-order valence-corrected chi connectivity index (χ3v) is 4.92. The van der Waals surface area contributed by atoms with E-state index in [0.717, 1.165) is 17.8 Å². The molecule has 0 aliphatic carbocycles. The first kappa shape index (κ1) is 11.5. The van der Waals surface area contributed by atoms with Crippen molar-refractivity contribution >= 4 is 18.2 Å². The van der Waals surface area contributed by atoms with Crippen LogP contribution in [0.5, 0.6) is 0 Å². The van der Waals surface area contributed by atoms with Crippen LogP contribution >= 0.6 is 18.2 Å². The van der Waals surface area contributed by atoms with Crippen LogP contribution in [0.25, 0.3) is 0 Å². The minimum atomic E-state index is -3.35. The Morgan fingerprint density at radius 2 is 2.18 bits per heavy atom. The molecule has 0 spiro atoms. The van der Waals surface area contributed by atoms with E-state index in [9.17, 15) is 4.57 Å². The molecule has 0 heterocycles. The minimum Gasteiger partial charge on any atom is -0.316 e. The summed E-state index contributed by atoms with van der Waals surface area (Å²) < 4.78 is 15.8. The van der Waals surface area contributed by atoms with E-state index in [4.69, 9.17) is 4.89 Å². The molecule has 68 valence electrons. The highest BCUT2D eigenvalue weighted by molar-refractivity contribution is 8.55. The maximum absolute atomic E-state index is 11.1. The highest BCUT2D eigenvalue weighted by Gasteiger charge is 2.22. The fourth-order valence-corrected chi connectivity index (χ4v) is 3.80. The molecule has 0 fully saturated rings. The molecular weight excluding hydrogens is 183 g/mol. The van der Waals surface area contributed by atoms with Crippen LogP contribution in [0.4, 0.5) is 0 Å². The van der Waals surface area contributed by atoms with Gasteiger partial charge in [0.2, 0.25) is 0 Å². The standard InChI is InChI=1S/C6H15O3PS/c1-4-6(3)11-10(7,8)9-5-2/h6H,4-5H2,1-3H3,(H,7,8). The fraction of sp³-hybridized carbons (Fsp3) is 1.00. The lowest BCUT2D eigenvalue weighted by atomic mass is 10.4. The number of rotatable bonds is 5. The highest BCUT2D eigenvalue weighted by atomic mass is 32.7. The van der Waals surface area contributed by atoms with Crippen LogP contribution in [0.2, 0.25) is 0 Å². The predicted molar refractivity (Wildman–Crippen MR) is 48.8 cm³/mol. The van der Waals surface area contributed by atoms with Gasteiger partial charge in [-0.15, -0.1) is 0 Å². The molecule has 0 amide bonds. The number of hydrogen-bond acceptors (Lipinski definition) is 3. The van der Waals surface area contributed by atoms with E-state index < -0.39 is 6.80 Å². The summed E-state index contributed by atoms with van der Waals surface area (Å²) in [5, 5.41) is 0.178. The first-order valence-corrected chi connectivity index (χ1v) is 6.73. The van der Waals surface area contributed by atoms with Gasteiger partial charge >= 0.3 is 6.80 Å². The smallest absolute Gasteiger partial charge is 0.316 e. The third-order valence-electron chi connectivity index (χ3n) is 1.18. The molecule has 5 heteroatoms. The van der Waals surface area contributed by atoms with Crippen LogP contribution in [0, 0.1) is 0 Å². The Morgan fingerprint density at radius 1 is 1.64 bits per heavy atom. The Morgan fingerprint density at radius 3 is 2.55 bits per heavy atom. The van der Waals surface area contributed by atoms with Crippen LogP contribution in [-0.4, -0.2) is 16.8 Å². The average molecular weight is 198 g/mol. The molecule has 0 bridgehead atoms. The molecule has 11 heavy (non-hydrogen) atoms. The second-order valence-corrected chi connectivity index (χ2v) is 6.44. The zero-order chi connectivity index (χ0) is 8.91. The van der Waals surface area contributed by atoms with E-state index in [0.29, 0.717) is 0 Å². The van der Waals surface area contributed by atoms with E-state index in [1.807, 2.05) is 13.8 Å². The summed E-state index contributed by atoms with van der Waals surface area (Å²) in [6.45, 7) is 2.53. The van der Waals surface area contributed by atoms with E-state index in [1.54, 1.807) is 6.92 Å². The van der Waals surface area contributed by atoms with Crippen molar-refractivity contribution in [2.75, 3.05) is 6.61 Å². The molecule has 0 saturated heterocycles. The molecule has 0 saturated carbocycles. The zero-order valence-electron chi connectivity index (χ0n) is 7.11. The molecule has 2 unspecified atom stereocenters. The first-order chi connectivity index (χ1) is 5.02. The highest BCUT2D eigenvalue weighted by Crippen LogP contribution is 2.57. The molecule has 0 aromatic carbocycles. The maximum Gasteiger partial charge on any atom is 0.386 e. The zero-order valence-corrected chi connectivity index (χ0v) is 8.82. The molecular formula is C6H15O3PS. The average Bonchev–Trinajstić information content (AvgIpc) is 1.86. The Labute approximate surface area is 71.8 Å². The topological polar surface area (TPSA) is 46.5 Å². The van der Waals surface area contributed by atoms with Gasteiger partial charge in [-0.05, 0) is 24.7 Å². The summed E-state index contributed by atoms with van der Waals surface area (Å²) in [6, 6.07) is 0. The molecule has 2 atom stereocenters. The van der Waals surface area contributed by atoms with Crippen molar-refractivity contribution in [3.05, 3.63) is 0 Å². The van der Waals surface area contributed by atoms with E-state index in [-0.39, 0.29) is 11.9 Å². The third kappa shape index (κ3) is 5.74. The summed E-state index contributed by atoms with van der Waals surface area (Å²) in [5.74, 6) is 0. The maximum atomic E-state index is 11.1. The quantitative estimate of drug-likeness (QED) is 0.690. The van der Waals surface area contributed by atoms with Crippen molar-refractivity contribution in [2.24, 2.45) is 0 Å². The van der Waals surface area contributed by atoms with Crippen molar-refractivity contribution in [1.82, 2.24) is 0 Å². The lowest BCUT2D eigenvalue weighted by Gasteiger charge is -2.13. The van der Waals surface area contributed by atoms with E-state index >= 15 is 0 Å². The molecule has 0 aromatic rings. The van der Waals surface area contributed by atoms with Gasteiger partial charge in [0.1, 0.15) is 0 Å². The summed E-state index contributed by atoms with van der Waals surface area (Å²) in [6.07, 6.45) is 0.877. The molecule has 0 radical (unpaired) electrons. The number of hydrogen-bond donors (Lipinski definition) is 1. The molecule has 0 aliphatic heterocycles. The van der Waals surface area contributed by atoms with E-state index in [2.05, 4.69) is 4.52 Å². The summed E-state index contributed by atoms with van der Waals surface area (Å²) >= 11 is 1.02. The summed E-state index contributed by atoms with van der Waals surface area (Å²) in [5.41, 5.74) is 0. The van der Waals surface area contributed by atoms with Crippen LogP contribution in [-0.2, 0) is 9.09 Å². The Bertz CT molecular complexity index is 151. The van der Waals surface area contributed by atoms with Gasteiger partial charge in [0.05, 0.1) is 6.61 Å². The Balaban J connectivity index is 3.81. The minimum absolute atomic E-state index is 0.178. The predicted octanol–water partition coefficient (Wildman–Crippen LogP) is 2.66. The van der Waals surface area contributed by atoms with Gasteiger partial charge in [0.25, 0.3) is 0 Å². The molecule has 0 rings (SSSR count). The van der Waals surface area contributed by atoms with E-state index in [1.165, 1.54) is 0 Å². The van der Waals surface area contributed by atoms with Gasteiger partial charge in [-0.1, -0.05) is 13.8 Å². The van der Waals surface area contributed by atoms with Crippen molar-refractivity contribution < 1.29 is 14.0 Å². The normalized spacial score (nSPS) is 19.3. The van der Waals surface area contributed by atoms with Gasteiger partial charge < -0.3 is 9.42 Å². The van der Waals surface area contributed by atoms with Gasteiger partial charge in [-0.2, -0.15) is 0 Å². The van der Waals surface area contributed by atoms with Crippen LogP contribution < -0.4 is 0 Å². The molecule has 1 N–H and O–H groups in total. The molecule has 3 nitrogen and oxygen atoms in total. The molecule has 0 aliphatic rings. The van der Waals surface area contributed by atoms with Gasteiger partial charge in [-0.3, -0.25) is 0 Å². The van der Waals surface area contributed by atoms with Crippen LogP contribution in [0.15, 0.2) is 0 Å². The molecule has 0 aromatic heterocycles. The lowest BCUT2D eigenvalue weighted by Crippen LogP contribution is -1.94. The van der Waals surface area contributed by atoms with Crippen molar-refractivity contribution in [2.45, 2.75) is 32.4 Å². The van der Waals surface area contributed by atoms with Gasteiger partial charge in [0.15, 0.2) is 0 Å². The lowest BCUT2D eigenvalue weighted by molar-refractivity contribution is 0.291. The van der Waals surface area contributed by atoms with Crippen molar-refractivity contribution in [1.29, 1.82) is 0 Å².